The molecule has 0 spiro atoms. The van der Waals surface area contributed by atoms with Gasteiger partial charge in [0.1, 0.15) is 5.75 Å². The van der Waals surface area contributed by atoms with Crippen LogP contribution in [0.2, 0.25) is 0 Å². The van der Waals surface area contributed by atoms with E-state index in [0.717, 1.165) is 25.3 Å². The number of aryl methyl sites for hydroxylation is 1. The molecule has 1 aliphatic carbocycles. The normalized spacial score (nSPS) is 16.2. The number of nitrogens with zero attached hydrogens (tertiary/aromatic N) is 1. The Morgan fingerprint density at radius 2 is 2.00 bits per heavy atom. The third-order valence-electron chi connectivity index (χ3n) is 5.04. The van der Waals surface area contributed by atoms with Crippen LogP contribution in [0.1, 0.15) is 35.4 Å². The molecule has 0 bridgehead atoms. The van der Waals surface area contributed by atoms with E-state index in [2.05, 4.69) is 77.0 Å². The predicted octanol–water partition coefficient (Wildman–Crippen LogP) is 5.32. The fourth-order valence-corrected chi connectivity index (χ4v) is 4.34. The number of methoxy groups -OCH3 is 1. The van der Waals surface area contributed by atoms with Crippen LogP contribution in [0.25, 0.3) is 0 Å². The van der Waals surface area contributed by atoms with Crippen molar-refractivity contribution in [1.82, 2.24) is 4.90 Å². The lowest BCUT2D eigenvalue weighted by Crippen LogP contribution is -2.28. The highest BCUT2D eigenvalue weighted by Crippen LogP contribution is 2.34. The Morgan fingerprint density at radius 1 is 1.20 bits per heavy atom. The number of likely N-dealkylation sites (N-methyl/N-ethyl adjacent to an activating group) is 1. The van der Waals surface area contributed by atoms with E-state index < -0.39 is 0 Å². The van der Waals surface area contributed by atoms with Crippen molar-refractivity contribution in [2.24, 2.45) is 0 Å². The molecule has 25 heavy (non-hydrogen) atoms. The van der Waals surface area contributed by atoms with Crippen molar-refractivity contribution >= 4 is 35.0 Å². The maximum absolute atomic E-state index is 5.38. The average Bonchev–Trinajstić information content (AvgIpc) is 2.61. The number of halogens is 2. The van der Waals surface area contributed by atoms with Crippen LogP contribution in [0.3, 0.4) is 0 Å². The largest absolute Gasteiger partial charge is 0.497 e. The summed E-state index contributed by atoms with van der Waals surface area (Å²) in [7, 11) is 4.01. The summed E-state index contributed by atoms with van der Waals surface area (Å²) in [6.45, 7) is 2.25. The monoisotopic (exact) mass is 471 g/mol. The molecule has 0 fully saturated rings. The van der Waals surface area contributed by atoms with E-state index in [9.17, 15) is 0 Å². The topological polar surface area (TPSA) is 12.5 Å². The van der Waals surface area contributed by atoms with Crippen molar-refractivity contribution in [2.75, 3.05) is 27.2 Å². The number of hydrogen-bond acceptors (Lipinski definition) is 2. The first-order valence-electron chi connectivity index (χ1n) is 8.76. The van der Waals surface area contributed by atoms with Gasteiger partial charge in [-0.05, 0) is 96.1 Å². The summed E-state index contributed by atoms with van der Waals surface area (Å²) in [4.78, 5) is 2.49. The zero-order valence-electron chi connectivity index (χ0n) is 15.0. The fourth-order valence-electron chi connectivity index (χ4n) is 3.69. The number of ether oxygens (including phenoxy) is 1. The molecular formula is C21H27ClINO. The van der Waals surface area contributed by atoms with E-state index >= 15 is 0 Å². The molecule has 0 aromatic heterocycles. The molecule has 1 unspecified atom stereocenters. The number of fused-ring (bicyclic) bond motifs is 1. The highest BCUT2D eigenvalue weighted by atomic mass is 127. The minimum atomic E-state index is 0. The van der Waals surface area contributed by atoms with Gasteiger partial charge < -0.3 is 9.64 Å². The van der Waals surface area contributed by atoms with Crippen LogP contribution in [0, 0.1) is 3.57 Å². The molecule has 1 atom stereocenters. The summed E-state index contributed by atoms with van der Waals surface area (Å²) in [5.74, 6) is 1.64. The van der Waals surface area contributed by atoms with Gasteiger partial charge in [0.05, 0.1) is 7.11 Å². The van der Waals surface area contributed by atoms with Crippen LogP contribution in [-0.2, 0) is 12.8 Å². The van der Waals surface area contributed by atoms with Gasteiger partial charge in [0, 0.05) is 16.7 Å². The first-order chi connectivity index (χ1) is 11.7. The van der Waals surface area contributed by atoms with Crippen molar-refractivity contribution in [2.45, 2.75) is 31.6 Å². The molecule has 2 nitrogen and oxygen atoms in total. The predicted molar refractivity (Wildman–Crippen MR) is 116 cm³/mol. The highest BCUT2D eigenvalue weighted by molar-refractivity contribution is 14.1. The maximum atomic E-state index is 5.38. The van der Waals surface area contributed by atoms with E-state index in [1.165, 1.54) is 39.5 Å². The summed E-state index contributed by atoms with van der Waals surface area (Å²) in [5.41, 5.74) is 4.47. The first-order valence-corrected chi connectivity index (χ1v) is 9.84. The minimum Gasteiger partial charge on any atom is -0.497 e. The van der Waals surface area contributed by atoms with Crippen molar-refractivity contribution in [3.05, 3.63) is 62.7 Å². The zero-order chi connectivity index (χ0) is 16.9. The Morgan fingerprint density at radius 3 is 2.76 bits per heavy atom. The van der Waals surface area contributed by atoms with Crippen LogP contribution in [-0.4, -0.2) is 32.1 Å². The Bertz CT molecular complexity index is 691. The zero-order valence-corrected chi connectivity index (χ0v) is 18.0. The number of hydrogen-bond donors (Lipinski definition) is 0. The Labute approximate surface area is 171 Å². The van der Waals surface area contributed by atoms with Crippen LogP contribution >= 0.6 is 35.0 Å². The number of benzene rings is 2. The molecule has 3 rings (SSSR count). The van der Waals surface area contributed by atoms with Gasteiger partial charge in [0.2, 0.25) is 0 Å². The third kappa shape index (κ3) is 5.35. The Balaban J connectivity index is 0.00000225. The van der Waals surface area contributed by atoms with E-state index in [1.807, 2.05) is 0 Å². The molecule has 4 heteroatoms. The smallest absolute Gasteiger partial charge is 0.119 e. The molecule has 0 saturated heterocycles. The molecule has 0 aliphatic heterocycles. The molecule has 0 heterocycles. The average molecular weight is 472 g/mol. The van der Waals surface area contributed by atoms with E-state index in [0.29, 0.717) is 5.92 Å². The lowest BCUT2D eigenvalue weighted by molar-refractivity contribution is 0.300. The molecule has 136 valence electrons. The molecule has 0 amide bonds. The van der Waals surface area contributed by atoms with Crippen LogP contribution in [0.4, 0.5) is 0 Å². The SMILES string of the molecule is COc1ccc2c(c1)CCCC2CN(C)CCc1ccccc1I.Cl. The summed E-state index contributed by atoms with van der Waals surface area (Å²) < 4.78 is 6.76. The first kappa shape index (κ1) is 20.5. The molecule has 1 aliphatic rings. The van der Waals surface area contributed by atoms with E-state index in [4.69, 9.17) is 4.74 Å². The van der Waals surface area contributed by atoms with Gasteiger partial charge >= 0.3 is 0 Å². The van der Waals surface area contributed by atoms with Gasteiger partial charge in [0.15, 0.2) is 0 Å². The summed E-state index contributed by atoms with van der Waals surface area (Å²) in [6.07, 6.45) is 4.90. The molecule has 0 N–H and O–H groups in total. The van der Waals surface area contributed by atoms with Gasteiger partial charge in [0.25, 0.3) is 0 Å². The lowest BCUT2D eigenvalue weighted by Gasteiger charge is -2.30. The standard InChI is InChI=1S/C21H26INO.ClH/c1-23(13-12-16-6-3-4-9-21(16)22)15-18-8-5-7-17-14-19(24-2)10-11-20(17)18;/h3-4,6,9-11,14,18H,5,7-8,12-13,15H2,1-2H3;1H. The fraction of sp³-hybridized carbons (Fsp3) is 0.429. The van der Waals surface area contributed by atoms with Crippen molar-refractivity contribution in [1.29, 1.82) is 0 Å². The molecule has 0 saturated carbocycles. The minimum absolute atomic E-state index is 0. The molecular weight excluding hydrogens is 445 g/mol. The lowest BCUT2D eigenvalue weighted by atomic mass is 9.82. The maximum Gasteiger partial charge on any atom is 0.119 e. The second kappa shape index (κ2) is 9.79. The summed E-state index contributed by atoms with van der Waals surface area (Å²) in [5, 5.41) is 0. The second-order valence-electron chi connectivity index (χ2n) is 6.76. The van der Waals surface area contributed by atoms with Crippen molar-refractivity contribution < 1.29 is 4.74 Å². The van der Waals surface area contributed by atoms with Crippen LogP contribution in [0.5, 0.6) is 5.75 Å². The third-order valence-corrected chi connectivity index (χ3v) is 6.09. The van der Waals surface area contributed by atoms with Gasteiger partial charge in [-0.25, -0.2) is 0 Å². The van der Waals surface area contributed by atoms with Crippen molar-refractivity contribution in [3.63, 3.8) is 0 Å². The van der Waals surface area contributed by atoms with Crippen LogP contribution in [0.15, 0.2) is 42.5 Å². The molecule has 0 radical (unpaired) electrons. The van der Waals surface area contributed by atoms with Gasteiger partial charge in [-0.3, -0.25) is 0 Å². The summed E-state index contributed by atoms with van der Waals surface area (Å²) >= 11 is 2.44. The van der Waals surface area contributed by atoms with Gasteiger partial charge in [-0.15, -0.1) is 12.4 Å². The molecule has 2 aromatic rings. The van der Waals surface area contributed by atoms with Gasteiger partial charge in [-0.1, -0.05) is 24.3 Å². The Hall–Kier alpha value is -0.780. The van der Waals surface area contributed by atoms with Gasteiger partial charge in [-0.2, -0.15) is 0 Å². The second-order valence-corrected chi connectivity index (χ2v) is 7.92. The quantitative estimate of drug-likeness (QED) is 0.529. The van der Waals surface area contributed by atoms with E-state index in [1.54, 1.807) is 7.11 Å². The highest BCUT2D eigenvalue weighted by Gasteiger charge is 2.21. The Kier molecular flexibility index (Phi) is 8.04. The number of rotatable bonds is 6. The van der Waals surface area contributed by atoms with Crippen molar-refractivity contribution in [3.8, 4) is 5.75 Å². The van der Waals surface area contributed by atoms with Crippen LogP contribution < -0.4 is 4.74 Å². The molecule has 2 aromatic carbocycles. The summed E-state index contributed by atoms with van der Waals surface area (Å²) in [6, 6.07) is 15.3. The van der Waals surface area contributed by atoms with E-state index in [-0.39, 0.29) is 12.4 Å².